The average molecular weight is 286 g/mol. The predicted octanol–water partition coefficient (Wildman–Crippen LogP) is 3.27. The zero-order valence-electron chi connectivity index (χ0n) is 10.5. The van der Waals surface area contributed by atoms with Gasteiger partial charge in [-0.25, -0.2) is 23.5 Å². The highest BCUT2D eigenvalue weighted by molar-refractivity contribution is 6.01. The van der Waals surface area contributed by atoms with E-state index in [1.807, 2.05) is 0 Å². The Balaban J connectivity index is 2.28. The van der Waals surface area contributed by atoms with E-state index in [1.54, 1.807) is 0 Å². The molecule has 1 N–H and O–H groups in total. The van der Waals surface area contributed by atoms with Gasteiger partial charge in [0.05, 0.1) is 5.52 Å². The molecule has 0 bridgehead atoms. The summed E-state index contributed by atoms with van der Waals surface area (Å²) < 4.78 is 26.2. The van der Waals surface area contributed by atoms with Crippen molar-refractivity contribution >= 4 is 16.9 Å². The highest BCUT2D eigenvalue weighted by atomic mass is 19.1. The van der Waals surface area contributed by atoms with Gasteiger partial charge in [-0.2, -0.15) is 0 Å². The van der Waals surface area contributed by atoms with Gasteiger partial charge in [-0.1, -0.05) is 0 Å². The van der Waals surface area contributed by atoms with Gasteiger partial charge in [0.1, 0.15) is 11.6 Å². The topological polar surface area (TPSA) is 63.1 Å². The lowest BCUT2D eigenvalue weighted by molar-refractivity contribution is 0.0693. The molecule has 0 aliphatic heterocycles. The first-order chi connectivity index (χ1) is 10.0. The molecule has 0 radical (unpaired) electrons. The molecule has 0 aliphatic carbocycles. The van der Waals surface area contributed by atoms with Crippen LogP contribution in [0.25, 0.3) is 22.3 Å². The Morgan fingerprint density at radius 3 is 2.29 bits per heavy atom. The van der Waals surface area contributed by atoms with Gasteiger partial charge < -0.3 is 5.11 Å². The normalized spacial score (nSPS) is 10.8. The van der Waals surface area contributed by atoms with Gasteiger partial charge in [0, 0.05) is 10.9 Å². The average Bonchev–Trinajstić information content (AvgIpc) is 2.46. The van der Waals surface area contributed by atoms with Crippen molar-refractivity contribution in [2.24, 2.45) is 0 Å². The minimum atomic E-state index is -1.28. The first-order valence-corrected chi connectivity index (χ1v) is 6.01. The molecule has 0 unspecified atom stereocenters. The van der Waals surface area contributed by atoms with Crippen molar-refractivity contribution in [3.63, 3.8) is 0 Å². The lowest BCUT2D eigenvalue weighted by Crippen LogP contribution is -2.05. The Hall–Kier alpha value is -2.89. The minimum Gasteiger partial charge on any atom is -0.476 e. The first-order valence-electron chi connectivity index (χ1n) is 6.01. The number of halogens is 2. The first kappa shape index (κ1) is 13.1. The molecule has 21 heavy (non-hydrogen) atoms. The molecule has 1 aromatic heterocycles. The molecular formula is C15H8F2N2O2. The number of rotatable bonds is 2. The summed E-state index contributed by atoms with van der Waals surface area (Å²) in [5, 5.41) is 9.34. The van der Waals surface area contributed by atoms with Crippen molar-refractivity contribution < 1.29 is 18.7 Å². The predicted molar refractivity (Wildman–Crippen MR) is 71.8 cm³/mol. The fourth-order valence-corrected chi connectivity index (χ4v) is 1.99. The van der Waals surface area contributed by atoms with Crippen LogP contribution in [0.3, 0.4) is 0 Å². The van der Waals surface area contributed by atoms with E-state index >= 15 is 0 Å². The van der Waals surface area contributed by atoms with Crippen molar-refractivity contribution in [1.82, 2.24) is 9.97 Å². The third-order valence-corrected chi connectivity index (χ3v) is 2.96. The molecule has 6 heteroatoms. The maximum atomic E-state index is 13.3. The zero-order chi connectivity index (χ0) is 15.0. The third kappa shape index (κ3) is 2.43. The van der Waals surface area contributed by atoms with Gasteiger partial charge in [-0.3, -0.25) is 0 Å². The Morgan fingerprint density at radius 1 is 0.952 bits per heavy atom. The summed E-state index contributed by atoms with van der Waals surface area (Å²) in [4.78, 5) is 19.4. The molecule has 0 fully saturated rings. The third-order valence-electron chi connectivity index (χ3n) is 2.96. The maximum absolute atomic E-state index is 13.3. The van der Waals surface area contributed by atoms with Gasteiger partial charge in [0.25, 0.3) is 0 Å². The molecular weight excluding hydrogens is 278 g/mol. The number of carboxylic acids is 1. The number of hydrogen-bond acceptors (Lipinski definition) is 3. The van der Waals surface area contributed by atoms with Gasteiger partial charge in [0.15, 0.2) is 11.5 Å². The number of nitrogens with zero attached hydrogens (tertiary/aromatic N) is 2. The quantitative estimate of drug-likeness (QED) is 0.785. The molecule has 3 aromatic rings. The van der Waals surface area contributed by atoms with Gasteiger partial charge in [-0.15, -0.1) is 0 Å². The molecule has 2 aromatic carbocycles. The number of benzene rings is 2. The van der Waals surface area contributed by atoms with Crippen molar-refractivity contribution in [2.45, 2.75) is 0 Å². The molecule has 0 atom stereocenters. The van der Waals surface area contributed by atoms with Crippen LogP contribution in [-0.4, -0.2) is 21.0 Å². The number of carboxylic acid groups (broad SMARTS) is 1. The second-order valence-electron chi connectivity index (χ2n) is 4.37. The molecule has 0 spiro atoms. The van der Waals surface area contributed by atoms with E-state index in [2.05, 4.69) is 9.97 Å². The Morgan fingerprint density at radius 2 is 1.62 bits per heavy atom. The second kappa shape index (κ2) is 4.90. The van der Waals surface area contributed by atoms with Crippen LogP contribution >= 0.6 is 0 Å². The summed E-state index contributed by atoms with van der Waals surface area (Å²) in [7, 11) is 0. The Bertz CT molecular complexity index is 848. The maximum Gasteiger partial charge on any atom is 0.355 e. The van der Waals surface area contributed by atoms with Gasteiger partial charge in [-0.05, 0) is 42.5 Å². The second-order valence-corrected chi connectivity index (χ2v) is 4.37. The van der Waals surface area contributed by atoms with Crippen LogP contribution in [0.4, 0.5) is 8.78 Å². The van der Waals surface area contributed by atoms with Crippen molar-refractivity contribution in [2.75, 3.05) is 0 Å². The van der Waals surface area contributed by atoms with Crippen molar-refractivity contribution in [3.8, 4) is 11.4 Å². The van der Waals surface area contributed by atoms with Gasteiger partial charge >= 0.3 is 5.97 Å². The summed E-state index contributed by atoms with van der Waals surface area (Å²) >= 11 is 0. The van der Waals surface area contributed by atoms with Crippen LogP contribution in [0.5, 0.6) is 0 Å². The smallest absolute Gasteiger partial charge is 0.355 e. The summed E-state index contributed by atoms with van der Waals surface area (Å²) in [6.07, 6.45) is 0. The molecule has 3 rings (SSSR count). The van der Waals surface area contributed by atoms with Crippen LogP contribution in [0, 0.1) is 11.6 Å². The summed E-state index contributed by atoms with van der Waals surface area (Å²) in [5.41, 5.74) is 0.493. The fourth-order valence-electron chi connectivity index (χ4n) is 1.99. The number of aromatic carboxylic acids is 1. The number of carbonyl (C=O) groups is 1. The van der Waals surface area contributed by atoms with E-state index in [9.17, 15) is 18.7 Å². The van der Waals surface area contributed by atoms with E-state index in [0.717, 1.165) is 6.07 Å². The molecule has 1 heterocycles. The van der Waals surface area contributed by atoms with Crippen LogP contribution in [-0.2, 0) is 0 Å². The van der Waals surface area contributed by atoms with Crippen LogP contribution in [0.2, 0.25) is 0 Å². The summed E-state index contributed by atoms with van der Waals surface area (Å²) in [6, 6.07) is 9.01. The van der Waals surface area contributed by atoms with E-state index in [-0.39, 0.29) is 16.9 Å². The summed E-state index contributed by atoms with van der Waals surface area (Å²) in [5.74, 6) is -2.12. The zero-order valence-corrected chi connectivity index (χ0v) is 10.5. The van der Waals surface area contributed by atoms with E-state index in [4.69, 9.17) is 0 Å². The molecule has 0 aliphatic rings. The van der Waals surface area contributed by atoms with Crippen LogP contribution in [0.15, 0.2) is 42.5 Å². The highest BCUT2D eigenvalue weighted by Gasteiger charge is 2.15. The van der Waals surface area contributed by atoms with Crippen molar-refractivity contribution in [1.29, 1.82) is 0 Å². The molecule has 4 nitrogen and oxygen atoms in total. The number of fused-ring (bicyclic) bond motifs is 1. The Kier molecular flexibility index (Phi) is 3.06. The molecule has 0 amide bonds. The largest absolute Gasteiger partial charge is 0.476 e. The lowest BCUT2D eigenvalue weighted by Gasteiger charge is -2.06. The molecule has 0 saturated heterocycles. The van der Waals surface area contributed by atoms with Crippen LogP contribution < -0.4 is 0 Å². The molecule has 0 saturated carbocycles. The van der Waals surface area contributed by atoms with E-state index in [0.29, 0.717) is 11.1 Å². The Labute approximate surface area is 117 Å². The SMILES string of the molecule is O=C(O)c1nc(-c2ccc(F)cc2)nc2ccc(F)cc12. The fraction of sp³-hybridized carbons (Fsp3) is 0. The van der Waals surface area contributed by atoms with Crippen LogP contribution in [0.1, 0.15) is 10.5 Å². The van der Waals surface area contributed by atoms with Crippen molar-refractivity contribution in [3.05, 3.63) is 59.8 Å². The van der Waals surface area contributed by atoms with E-state index in [1.165, 1.54) is 36.4 Å². The standard InChI is InChI=1S/C15H8F2N2O2/c16-9-3-1-8(2-4-9)14-18-12-6-5-10(17)7-11(12)13(19-14)15(20)21/h1-7H,(H,20,21). The minimum absolute atomic E-state index is 0.119. The highest BCUT2D eigenvalue weighted by Crippen LogP contribution is 2.22. The lowest BCUT2D eigenvalue weighted by atomic mass is 10.1. The monoisotopic (exact) mass is 286 g/mol. The van der Waals surface area contributed by atoms with E-state index < -0.39 is 17.6 Å². The number of aromatic nitrogens is 2. The number of hydrogen-bond donors (Lipinski definition) is 1. The molecule has 104 valence electrons. The van der Waals surface area contributed by atoms with Gasteiger partial charge in [0.2, 0.25) is 0 Å². The summed E-state index contributed by atoms with van der Waals surface area (Å²) in [6.45, 7) is 0.